The summed E-state index contributed by atoms with van der Waals surface area (Å²) in [5.74, 6) is 3.12. The van der Waals surface area contributed by atoms with Crippen LogP contribution in [-0.4, -0.2) is 96.6 Å². The lowest BCUT2D eigenvalue weighted by Crippen LogP contribution is -2.52. The number of fused-ring (bicyclic) bond motifs is 2. The predicted molar refractivity (Wildman–Crippen MR) is 148 cm³/mol. The molecule has 1 saturated carbocycles. The Morgan fingerprint density at radius 3 is 2.55 bits per heavy atom. The number of aryl methyl sites for hydroxylation is 2. The van der Waals surface area contributed by atoms with Crippen LogP contribution >= 0.6 is 0 Å². The molecule has 2 aliphatic heterocycles. The Kier molecular flexibility index (Phi) is 6.14. The number of nitrogens with zero attached hydrogens (tertiary/aromatic N) is 9. The number of imidazole rings is 2. The smallest absolute Gasteiger partial charge is 0.242 e. The van der Waals surface area contributed by atoms with E-state index in [0.717, 1.165) is 47.8 Å². The second kappa shape index (κ2) is 9.84. The molecule has 3 aliphatic rings. The Morgan fingerprint density at radius 1 is 1.00 bits per heavy atom. The van der Waals surface area contributed by atoms with Crippen molar-refractivity contribution in [3.8, 4) is 5.95 Å². The van der Waals surface area contributed by atoms with Crippen LogP contribution in [-0.2, 0) is 34.3 Å². The van der Waals surface area contributed by atoms with Crippen LogP contribution in [0.15, 0.2) is 24.3 Å². The van der Waals surface area contributed by atoms with Crippen LogP contribution in [0.5, 0.6) is 0 Å². The van der Waals surface area contributed by atoms with Crippen molar-refractivity contribution in [3.05, 3.63) is 35.9 Å². The van der Waals surface area contributed by atoms with Gasteiger partial charge in [0.15, 0.2) is 17.0 Å². The highest BCUT2D eigenvalue weighted by atomic mass is 16.5. The summed E-state index contributed by atoms with van der Waals surface area (Å²) in [6.07, 6.45) is 2.61. The van der Waals surface area contributed by atoms with Crippen LogP contribution in [0.1, 0.15) is 31.4 Å². The van der Waals surface area contributed by atoms with Crippen molar-refractivity contribution in [3.63, 3.8) is 0 Å². The van der Waals surface area contributed by atoms with Crippen molar-refractivity contribution in [2.75, 3.05) is 50.8 Å². The number of rotatable bonds is 6. The number of hydrogen-bond donors (Lipinski definition) is 0. The van der Waals surface area contributed by atoms with Gasteiger partial charge in [-0.3, -0.25) is 14.2 Å². The van der Waals surface area contributed by atoms with E-state index in [1.807, 2.05) is 40.4 Å². The SMILES string of the molecule is CCc1nc2ccccc2n1-c1nc(N2CCOCC2)c2nc(CN3CCN(C(=O)C4CC4)CC3=O)n(C)c2n1. The topological polar surface area (TPSA) is 115 Å². The molecule has 0 radical (unpaired) electrons. The third kappa shape index (κ3) is 4.26. The van der Waals surface area contributed by atoms with Crippen LogP contribution in [0.4, 0.5) is 5.82 Å². The molecule has 0 N–H and O–H groups in total. The number of morpholine rings is 1. The van der Waals surface area contributed by atoms with Crippen LogP contribution in [0.25, 0.3) is 28.1 Å². The Bertz CT molecular complexity index is 1620. The normalized spacial score (nSPS) is 18.4. The molecule has 1 aromatic carbocycles. The fraction of sp³-hybridized carbons (Fsp3) is 0.500. The standard InChI is InChI=1S/C28H33N9O3/c1-3-21-29-19-6-4-5-7-20(19)37(21)28-31-25-24(26(32-28)34-12-14-40-15-13-34)30-22(33(25)2)16-35-10-11-36(17-23(35)38)27(39)18-8-9-18/h4-7,18H,3,8-17H2,1-2H3. The lowest BCUT2D eigenvalue weighted by atomic mass is 10.2. The van der Waals surface area contributed by atoms with Crippen LogP contribution in [0.3, 0.4) is 0 Å². The quantitative estimate of drug-likeness (QED) is 0.361. The molecular formula is C28H33N9O3. The molecule has 1 aliphatic carbocycles. The first-order valence-corrected chi connectivity index (χ1v) is 14.1. The van der Waals surface area contributed by atoms with E-state index in [1.165, 1.54) is 0 Å². The maximum atomic E-state index is 13.0. The summed E-state index contributed by atoms with van der Waals surface area (Å²) in [5.41, 5.74) is 3.27. The summed E-state index contributed by atoms with van der Waals surface area (Å²) in [7, 11) is 1.94. The Hall–Kier alpha value is -4.06. The Labute approximate surface area is 231 Å². The lowest BCUT2D eigenvalue weighted by molar-refractivity contribution is -0.146. The van der Waals surface area contributed by atoms with Gasteiger partial charge >= 0.3 is 0 Å². The van der Waals surface area contributed by atoms with Crippen molar-refractivity contribution < 1.29 is 14.3 Å². The molecule has 3 fully saturated rings. The van der Waals surface area contributed by atoms with Gasteiger partial charge < -0.3 is 24.0 Å². The predicted octanol–water partition coefficient (Wildman–Crippen LogP) is 1.68. The monoisotopic (exact) mass is 543 g/mol. The second-order valence-corrected chi connectivity index (χ2v) is 10.8. The number of ether oxygens (including phenoxy) is 1. The Morgan fingerprint density at radius 2 is 1.80 bits per heavy atom. The molecule has 40 heavy (non-hydrogen) atoms. The minimum absolute atomic E-state index is 0.0510. The minimum Gasteiger partial charge on any atom is -0.378 e. The van der Waals surface area contributed by atoms with Gasteiger partial charge in [-0.2, -0.15) is 9.97 Å². The first-order chi connectivity index (χ1) is 19.5. The van der Waals surface area contributed by atoms with Gasteiger partial charge in [0.1, 0.15) is 11.6 Å². The molecule has 2 amide bonds. The number of carbonyl (C=O) groups is 2. The fourth-order valence-corrected chi connectivity index (χ4v) is 5.68. The van der Waals surface area contributed by atoms with Gasteiger partial charge in [-0.05, 0) is 25.0 Å². The largest absolute Gasteiger partial charge is 0.378 e. The van der Waals surface area contributed by atoms with Gasteiger partial charge in [-0.15, -0.1) is 0 Å². The molecule has 0 unspecified atom stereocenters. The maximum absolute atomic E-state index is 13.0. The summed E-state index contributed by atoms with van der Waals surface area (Å²) in [4.78, 5) is 51.1. The third-order valence-electron chi connectivity index (χ3n) is 8.13. The second-order valence-electron chi connectivity index (χ2n) is 10.8. The van der Waals surface area contributed by atoms with E-state index < -0.39 is 0 Å². The Balaban J connectivity index is 1.28. The molecule has 4 aromatic rings. The number of para-hydroxylation sites is 2. The summed E-state index contributed by atoms with van der Waals surface area (Å²) in [5, 5.41) is 0. The first kappa shape index (κ1) is 24.9. The van der Waals surface area contributed by atoms with E-state index in [4.69, 9.17) is 24.7 Å². The number of amides is 2. The van der Waals surface area contributed by atoms with Gasteiger partial charge in [-0.1, -0.05) is 19.1 Å². The molecular weight excluding hydrogens is 510 g/mol. The average Bonchev–Trinajstić information content (AvgIpc) is 3.70. The number of aromatic nitrogens is 6. The van der Waals surface area contributed by atoms with Crippen LogP contribution in [0.2, 0.25) is 0 Å². The number of piperazine rings is 1. The molecule has 5 heterocycles. The van der Waals surface area contributed by atoms with Crippen molar-refractivity contribution in [2.24, 2.45) is 13.0 Å². The van der Waals surface area contributed by atoms with E-state index >= 15 is 0 Å². The van der Waals surface area contributed by atoms with E-state index in [0.29, 0.717) is 63.0 Å². The molecule has 2 saturated heterocycles. The zero-order valence-corrected chi connectivity index (χ0v) is 22.9. The van der Waals surface area contributed by atoms with Gasteiger partial charge in [0.05, 0.1) is 37.3 Å². The van der Waals surface area contributed by atoms with E-state index in [1.54, 1.807) is 9.80 Å². The highest BCUT2D eigenvalue weighted by Crippen LogP contribution is 2.32. The van der Waals surface area contributed by atoms with Gasteiger partial charge in [0, 0.05) is 45.6 Å². The number of anilines is 1. The van der Waals surface area contributed by atoms with Crippen molar-refractivity contribution in [1.82, 2.24) is 38.9 Å². The van der Waals surface area contributed by atoms with Gasteiger partial charge in [0.2, 0.25) is 17.8 Å². The van der Waals surface area contributed by atoms with Crippen LogP contribution < -0.4 is 4.90 Å². The summed E-state index contributed by atoms with van der Waals surface area (Å²) in [6.45, 7) is 6.27. The van der Waals surface area contributed by atoms with Crippen molar-refractivity contribution >= 4 is 39.8 Å². The fourth-order valence-electron chi connectivity index (χ4n) is 5.68. The summed E-state index contributed by atoms with van der Waals surface area (Å²) >= 11 is 0. The highest BCUT2D eigenvalue weighted by Gasteiger charge is 2.37. The molecule has 0 spiro atoms. The van der Waals surface area contributed by atoms with Crippen molar-refractivity contribution in [1.29, 1.82) is 0 Å². The zero-order valence-electron chi connectivity index (χ0n) is 22.9. The third-order valence-corrected chi connectivity index (χ3v) is 8.13. The van der Waals surface area contributed by atoms with E-state index in [2.05, 4.69) is 11.8 Å². The van der Waals surface area contributed by atoms with Gasteiger partial charge in [-0.25, -0.2) is 9.97 Å². The average molecular weight is 544 g/mol. The molecule has 12 heteroatoms. The summed E-state index contributed by atoms with van der Waals surface area (Å²) in [6, 6.07) is 8.03. The first-order valence-electron chi connectivity index (χ1n) is 14.1. The van der Waals surface area contributed by atoms with E-state index in [-0.39, 0.29) is 24.3 Å². The minimum atomic E-state index is -0.0510. The van der Waals surface area contributed by atoms with E-state index in [9.17, 15) is 9.59 Å². The molecule has 12 nitrogen and oxygen atoms in total. The molecule has 208 valence electrons. The number of carbonyl (C=O) groups excluding carboxylic acids is 2. The zero-order chi connectivity index (χ0) is 27.4. The molecule has 0 atom stereocenters. The lowest BCUT2D eigenvalue weighted by Gasteiger charge is -2.34. The van der Waals surface area contributed by atoms with Crippen molar-refractivity contribution in [2.45, 2.75) is 32.7 Å². The van der Waals surface area contributed by atoms with Gasteiger partial charge in [0.25, 0.3) is 0 Å². The summed E-state index contributed by atoms with van der Waals surface area (Å²) < 4.78 is 9.61. The number of benzene rings is 1. The maximum Gasteiger partial charge on any atom is 0.242 e. The highest BCUT2D eigenvalue weighted by molar-refractivity contribution is 5.88. The number of hydrogen-bond acceptors (Lipinski definition) is 8. The molecule has 0 bridgehead atoms. The van der Waals surface area contributed by atoms with Crippen LogP contribution in [0, 0.1) is 5.92 Å². The molecule has 7 rings (SSSR count). The molecule has 3 aromatic heterocycles.